The molecule has 4 nitrogen and oxygen atoms in total. The third kappa shape index (κ3) is 5.02. The topological polar surface area (TPSA) is 55.8 Å². The average molecular weight is 324 g/mol. The van der Waals surface area contributed by atoms with Crippen molar-refractivity contribution in [3.8, 4) is 11.5 Å². The summed E-state index contributed by atoms with van der Waals surface area (Å²) in [6, 6.07) is 12.7. The molecule has 0 spiro atoms. The molecule has 1 N–H and O–H groups in total. The molecule has 2 aromatic carbocycles. The van der Waals surface area contributed by atoms with E-state index in [0.717, 1.165) is 11.1 Å². The van der Waals surface area contributed by atoms with E-state index in [1.54, 1.807) is 42.5 Å². The Morgan fingerprint density at radius 1 is 1.08 bits per heavy atom. The summed E-state index contributed by atoms with van der Waals surface area (Å²) in [5.41, 5.74) is 2.74. The second kappa shape index (κ2) is 8.02. The fourth-order valence-electron chi connectivity index (χ4n) is 2.22. The van der Waals surface area contributed by atoms with Gasteiger partial charge in [0.25, 0.3) is 0 Å². The molecule has 0 aliphatic carbocycles. The second-order valence-electron chi connectivity index (χ2n) is 5.41. The number of rotatable bonds is 7. The Labute approximate surface area is 141 Å². The van der Waals surface area contributed by atoms with Crippen LogP contribution in [-0.4, -0.2) is 17.7 Å². The van der Waals surface area contributed by atoms with Crippen LogP contribution in [0.4, 0.5) is 0 Å². The number of carboxylic acids is 1. The lowest BCUT2D eigenvalue weighted by atomic mass is 10.1. The van der Waals surface area contributed by atoms with E-state index in [0.29, 0.717) is 23.7 Å². The summed E-state index contributed by atoms with van der Waals surface area (Å²) in [6.45, 7) is 7.88. The van der Waals surface area contributed by atoms with E-state index in [-0.39, 0.29) is 5.76 Å². The summed E-state index contributed by atoms with van der Waals surface area (Å²) in [5, 5.41) is 9.38. The van der Waals surface area contributed by atoms with Crippen molar-refractivity contribution in [2.45, 2.75) is 13.8 Å². The largest absolute Gasteiger partial charge is 0.490 e. The molecule has 124 valence electrons. The van der Waals surface area contributed by atoms with E-state index in [2.05, 4.69) is 6.58 Å². The molecule has 0 saturated heterocycles. The molecule has 0 amide bonds. The zero-order valence-corrected chi connectivity index (χ0v) is 13.8. The summed E-state index contributed by atoms with van der Waals surface area (Å²) >= 11 is 0. The summed E-state index contributed by atoms with van der Waals surface area (Å²) in [4.78, 5) is 11.5. The first-order valence-electron chi connectivity index (χ1n) is 7.53. The van der Waals surface area contributed by atoms with Crippen LogP contribution >= 0.6 is 0 Å². The van der Waals surface area contributed by atoms with Crippen LogP contribution in [0.15, 0.2) is 60.9 Å². The third-order valence-electron chi connectivity index (χ3n) is 3.18. The zero-order valence-electron chi connectivity index (χ0n) is 13.8. The normalized spacial score (nSPS) is 11.0. The Morgan fingerprint density at radius 2 is 1.71 bits per heavy atom. The van der Waals surface area contributed by atoms with Crippen molar-refractivity contribution in [3.63, 3.8) is 0 Å². The van der Waals surface area contributed by atoms with Gasteiger partial charge < -0.3 is 14.6 Å². The number of ether oxygens (including phenoxy) is 2. The summed E-state index contributed by atoms with van der Waals surface area (Å²) < 4.78 is 11.0. The van der Waals surface area contributed by atoms with E-state index in [4.69, 9.17) is 9.47 Å². The number of benzene rings is 2. The monoisotopic (exact) mass is 324 g/mol. The summed E-state index contributed by atoms with van der Waals surface area (Å²) in [6.07, 6.45) is 3.14. The van der Waals surface area contributed by atoms with E-state index in [9.17, 15) is 9.90 Å². The summed E-state index contributed by atoms with van der Waals surface area (Å²) in [7, 11) is 0. The van der Waals surface area contributed by atoms with Crippen LogP contribution in [-0.2, 0) is 4.79 Å². The first-order chi connectivity index (χ1) is 11.5. The van der Waals surface area contributed by atoms with Gasteiger partial charge in [0, 0.05) is 0 Å². The van der Waals surface area contributed by atoms with E-state index in [1.165, 1.54) is 6.08 Å². The molecule has 2 rings (SSSR count). The van der Waals surface area contributed by atoms with Gasteiger partial charge in [-0.15, -0.1) is 0 Å². The van der Waals surface area contributed by atoms with Gasteiger partial charge in [0.1, 0.15) is 18.1 Å². The number of aliphatic carboxylic acids is 1. The molecule has 24 heavy (non-hydrogen) atoms. The van der Waals surface area contributed by atoms with Gasteiger partial charge >= 0.3 is 5.97 Å². The maximum atomic E-state index is 11.5. The van der Waals surface area contributed by atoms with Crippen molar-refractivity contribution in [1.82, 2.24) is 0 Å². The number of hydrogen-bond acceptors (Lipinski definition) is 3. The highest BCUT2D eigenvalue weighted by Crippen LogP contribution is 2.21. The fraction of sp³-hybridized carbons (Fsp3) is 0.150. The van der Waals surface area contributed by atoms with Crippen molar-refractivity contribution in [3.05, 3.63) is 77.6 Å². The molecular formula is C20H20O4. The Hall–Kier alpha value is -3.01. The molecule has 0 radical (unpaired) electrons. The van der Waals surface area contributed by atoms with Gasteiger partial charge in [0.2, 0.25) is 5.76 Å². The van der Waals surface area contributed by atoms with Crippen molar-refractivity contribution in [2.24, 2.45) is 0 Å². The molecule has 0 fully saturated rings. The van der Waals surface area contributed by atoms with Crippen molar-refractivity contribution >= 4 is 12.0 Å². The Morgan fingerprint density at radius 3 is 2.25 bits per heavy atom. The molecule has 0 aromatic heterocycles. The minimum absolute atomic E-state index is 0.139. The molecule has 0 aliphatic heterocycles. The Kier molecular flexibility index (Phi) is 5.79. The molecule has 0 saturated carbocycles. The quantitative estimate of drug-likeness (QED) is 0.467. The fourth-order valence-corrected chi connectivity index (χ4v) is 2.22. The predicted molar refractivity (Wildman–Crippen MR) is 94.3 cm³/mol. The number of carboxylic acid groups (broad SMARTS) is 1. The Bertz CT molecular complexity index is 737. The lowest BCUT2D eigenvalue weighted by Gasteiger charge is -2.09. The second-order valence-corrected chi connectivity index (χ2v) is 5.41. The van der Waals surface area contributed by atoms with Gasteiger partial charge in [-0.2, -0.15) is 0 Å². The van der Waals surface area contributed by atoms with Gasteiger partial charge in [-0.05, 0) is 60.9 Å². The maximum Gasteiger partial charge on any atom is 0.371 e. The van der Waals surface area contributed by atoms with Crippen molar-refractivity contribution < 1.29 is 19.4 Å². The first-order valence-corrected chi connectivity index (χ1v) is 7.53. The maximum absolute atomic E-state index is 11.5. The molecule has 0 heterocycles. The van der Waals surface area contributed by atoms with Gasteiger partial charge in [-0.3, -0.25) is 0 Å². The molecule has 0 bridgehead atoms. The van der Waals surface area contributed by atoms with Crippen molar-refractivity contribution in [2.75, 3.05) is 6.61 Å². The average Bonchev–Trinajstić information content (AvgIpc) is 2.52. The smallest absolute Gasteiger partial charge is 0.371 e. The molecule has 2 aromatic rings. The van der Waals surface area contributed by atoms with Crippen LogP contribution in [0.25, 0.3) is 6.08 Å². The molecule has 0 atom stereocenters. The van der Waals surface area contributed by atoms with Crippen LogP contribution in [0.3, 0.4) is 0 Å². The lowest BCUT2D eigenvalue weighted by Crippen LogP contribution is -2.07. The van der Waals surface area contributed by atoms with Crippen LogP contribution in [0, 0.1) is 13.8 Å². The molecule has 0 unspecified atom stereocenters. The predicted octanol–water partition coefficient (Wildman–Crippen LogP) is 4.37. The van der Waals surface area contributed by atoms with E-state index >= 15 is 0 Å². The SMILES string of the molecule is C=CCOc1ccc(C=C(Oc2cc(C)cc(C)c2)C(=O)O)cc1. The van der Waals surface area contributed by atoms with Gasteiger partial charge in [-0.1, -0.05) is 30.9 Å². The van der Waals surface area contributed by atoms with Gasteiger partial charge in [0.15, 0.2) is 0 Å². The molecule has 0 aliphatic rings. The minimum Gasteiger partial charge on any atom is -0.490 e. The first kappa shape index (κ1) is 17.3. The minimum atomic E-state index is -1.12. The van der Waals surface area contributed by atoms with Crippen LogP contribution in [0.2, 0.25) is 0 Å². The highest BCUT2D eigenvalue weighted by molar-refractivity contribution is 5.90. The van der Waals surface area contributed by atoms with Gasteiger partial charge in [-0.25, -0.2) is 4.79 Å². The highest BCUT2D eigenvalue weighted by Gasteiger charge is 2.11. The third-order valence-corrected chi connectivity index (χ3v) is 3.18. The molecule has 4 heteroatoms. The zero-order chi connectivity index (χ0) is 17.5. The van der Waals surface area contributed by atoms with Gasteiger partial charge in [0.05, 0.1) is 0 Å². The number of carbonyl (C=O) groups is 1. The van der Waals surface area contributed by atoms with Crippen LogP contribution in [0.1, 0.15) is 16.7 Å². The Balaban J connectivity index is 2.21. The molecular weight excluding hydrogens is 304 g/mol. The van der Waals surface area contributed by atoms with Crippen LogP contribution in [0.5, 0.6) is 11.5 Å². The summed E-state index contributed by atoms with van der Waals surface area (Å²) in [5.74, 6) is -0.0628. The number of aryl methyl sites for hydroxylation is 2. The van der Waals surface area contributed by atoms with E-state index < -0.39 is 5.97 Å². The highest BCUT2D eigenvalue weighted by atomic mass is 16.5. The standard InChI is InChI=1S/C20H20O4/c1-4-9-23-17-7-5-16(6-8-17)13-19(20(21)22)24-18-11-14(2)10-15(3)12-18/h4-8,10-13H,1,9H2,2-3H3,(H,21,22). The van der Waals surface area contributed by atoms with E-state index in [1.807, 2.05) is 19.9 Å². The lowest BCUT2D eigenvalue weighted by molar-refractivity contribution is -0.134. The van der Waals surface area contributed by atoms with Crippen molar-refractivity contribution in [1.29, 1.82) is 0 Å². The van der Waals surface area contributed by atoms with Crippen LogP contribution < -0.4 is 9.47 Å². The number of hydrogen-bond donors (Lipinski definition) is 1.